The number of benzene rings is 2. The fourth-order valence-electron chi connectivity index (χ4n) is 3.46. The molecule has 0 bridgehead atoms. The molecule has 1 heterocycles. The van der Waals surface area contributed by atoms with E-state index < -0.39 is 0 Å². The van der Waals surface area contributed by atoms with E-state index in [1.165, 1.54) is 11.1 Å². The molecule has 1 aromatic heterocycles. The first-order valence-corrected chi connectivity index (χ1v) is 11.0. The minimum atomic E-state index is 0. The van der Waals surface area contributed by atoms with Crippen LogP contribution in [-0.4, -0.2) is 48.9 Å². The van der Waals surface area contributed by atoms with Crippen molar-refractivity contribution < 1.29 is 4.74 Å². The number of hydrogen-bond donors (Lipinski definition) is 3. The summed E-state index contributed by atoms with van der Waals surface area (Å²) in [6.07, 6.45) is 0.994. The maximum atomic E-state index is 5.06. The van der Waals surface area contributed by atoms with E-state index in [9.17, 15) is 0 Å². The van der Waals surface area contributed by atoms with Crippen molar-refractivity contribution in [1.29, 1.82) is 0 Å². The van der Waals surface area contributed by atoms with Gasteiger partial charge in [-0.15, -0.1) is 24.0 Å². The summed E-state index contributed by atoms with van der Waals surface area (Å²) in [5.74, 6) is 1.90. The van der Waals surface area contributed by atoms with E-state index in [-0.39, 0.29) is 24.0 Å². The van der Waals surface area contributed by atoms with Crippen molar-refractivity contribution in [2.45, 2.75) is 33.4 Å². The van der Waals surface area contributed by atoms with Gasteiger partial charge in [-0.1, -0.05) is 24.3 Å². The third kappa shape index (κ3) is 7.67. The lowest BCUT2D eigenvalue weighted by Crippen LogP contribution is -2.38. The van der Waals surface area contributed by atoms with Gasteiger partial charge in [-0.25, -0.2) is 9.98 Å². The number of guanidine groups is 1. The monoisotopic (exact) mass is 550 g/mol. The first kappa shape index (κ1) is 25.9. The van der Waals surface area contributed by atoms with Gasteiger partial charge in [0, 0.05) is 39.0 Å². The molecule has 2 aromatic carbocycles. The molecule has 174 valence electrons. The molecule has 0 atom stereocenters. The van der Waals surface area contributed by atoms with Crippen LogP contribution in [0.2, 0.25) is 0 Å². The van der Waals surface area contributed by atoms with Gasteiger partial charge >= 0.3 is 0 Å². The smallest absolute Gasteiger partial charge is 0.191 e. The number of halogens is 1. The summed E-state index contributed by atoms with van der Waals surface area (Å²) < 4.78 is 7.34. The van der Waals surface area contributed by atoms with Gasteiger partial charge in [0.15, 0.2) is 5.96 Å². The van der Waals surface area contributed by atoms with Crippen molar-refractivity contribution in [1.82, 2.24) is 20.2 Å². The molecule has 0 amide bonds. The SMILES string of the molecule is CCNC(=NCc1ccc(NCCOC)cc1)NCCCn1c(C)nc2ccccc21.I. The van der Waals surface area contributed by atoms with Crippen LogP contribution in [-0.2, 0) is 17.8 Å². The maximum Gasteiger partial charge on any atom is 0.191 e. The van der Waals surface area contributed by atoms with Crippen molar-refractivity contribution in [3.63, 3.8) is 0 Å². The number of aliphatic imine (C=N–C) groups is 1. The van der Waals surface area contributed by atoms with Gasteiger partial charge in [0.1, 0.15) is 5.82 Å². The first-order valence-electron chi connectivity index (χ1n) is 11.0. The van der Waals surface area contributed by atoms with Crippen LogP contribution < -0.4 is 16.0 Å². The van der Waals surface area contributed by atoms with Crippen molar-refractivity contribution in [3.05, 3.63) is 59.9 Å². The topological polar surface area (TPSA) is 75.5 Å². The van der Waals surface area contributed by atoms with E-state index in [1.54, 1.807) is 7.11 Å². The second kappa shape index (κ2) is 13.9. The fraction of sp³-hybridized carbons (Fsp3) is 0.417. The Morgan fingerprint density at radius 3 is 2.59 bits per heavy atom. The average molecular weight is 550 g/mol. The minimum Gasteiger partial charge on any atom is -0.383 e. The van der Waals surface area contributed by atoms with Crippen molar-refractivity contribution in [2.75, 3.05) is 38.7 Å². The van der Waals surface area contributed by atoms with Crippen LogP contribution in [0.25, 0.3) is 11.0 Å². The van der Waals surface area contributed by atoms with Crippen LogP contribution in [0, 0.1) is 6.92 Å². The molecular formula is C24H35IN6O. The molecule has 7 nitrogen and oxygen atoms in total. The maximum absolute atomic E-state index is 5.06. The summed E-state index contributed by atoms with van der Waals surface area (Å²) >= 11 is 0. The predicted molar refractivity (Wildman–Crippen MR) is 144 cm³/mol. The molecule has 3 rings (SSSR count). The lowest BCUT2D eigenvalue weighted by atomic mass is 10.2. The van der Waals surface area contributed by atoms with Crippen molar-refractivity contribution >= 4 is 46.7 Å². The summed E-state index contributed by atoms with van der Waals surface area (Å²) in [5.41, 5.74) is 4.52. The predicted octanol–water partition coefficient (Wildman–Crippen LogP) is 4.17. The van der Waals surface area contributed by atoms with Crippen LogP contribution >= 0.6 is 24.0 Å². The lowest BCUT2D eigenvalue weighted by molar-refractivity contribution is 0.211. The molecule has 3 aromatic rings. The highest BCUT2D eigenvalue weighted by atomic mass is 127. The van der Waals surface area contributed by atoms with Gasteiger partial charge in [-0.2, -0.15) is 0 Å². The van der Waals surface area contributed by atoms with Crippen LogP contribution in [0.4, 0.5) is 5.69 Å². The average Bonchev–Trinajstić information content (AvgIpc) is 3.11. The molecule has 0 aliphatic carbocycles. The second-order valence-corrected chi connectivity index (χ2v) is 7.39. The van der Waals surface area contributed by atoms with E-state index in [0.29, 0.717) is 13.2 Å². The number of fused-ring (bicyclic) bond motifs is 1. The molecule has 32 heavy (non-hydrogen) atoms. The summed E-state index contributed by atoms with van der Waals surface area (Å²) in [4.78, 5) is 9.37. The number of rotatable bonds is 11. The van der Waals surface area contributed by atoms with E-state index in [0.717, 1.165) is 55.6 Å². The van der Waals surface area contributed by atoms with E-state index >= 15 is 0 Å². The molecule has 0 saturated carbocycles. The summed E-state index contributed by atoms with van der Waals surface area (Å²) in [5, 5.41) is 10.1. The van der Waals surface area contributed by atoms with Crippen molar-refractivity contribution in [3.8, 4) is 0 Å². The molecule has 3 N–H and O–H groups in total. The number of aryl methyl sites for hydroxylation is 2. The molecule has 0 fully saturated rings. The Hall–Kier alpha value is -2.33. The Bertz CT molecular complexity index is 970. The van der Waals surface area contributed by atoms with Gasteiger partial charge in [0.25, 0.3) is 0 Å². The third-order valence-corrected chi connectivity index (χ3v) is 5.05. The Morgan fingerprint density at radius 2 is 1.84 bits per heavy atom. The first-order chi connectivity index (χ1) is 15.2. The Balaban J connectivity index is 0.00000363. The van der Waals surface area contributed by atoms with Crippen LogP contribution in [0.5, 0.6) is 0 Å². The minimum absolute atomic E-state index is 0. The van der Waals surface area contributed by atoms with Gasteiger partial charge in [0.2, 0.25) is 0 Å². The number of ether oxygens (including phenoxy) is 1. The third-order valence-electron chi connectivity index (χ3n) is 5.05. The zero-order valence-corrected chi connectivity index (χ0v) is 21.6. The van der Waals surface area contributed by atoms with Crippen molar-refractivity contribution in [2.24, 2.45) is 4.99 Å². The number of methoxy groups -OCH3 is 1. The molecule has 0 unspecified atom stereocenters. The Kier molecular flexibility index (Phi) is 11.3. The standard InChI is InChI=1S/C24H34N6O.HI/c1-4-25-24(28-18-20-10-12-21(13-11-20)26-15-17-31-3)27-14-7-16-30-19(2)29-22-8-5-6-9-23(22)30;/h5-6,8-13,26H,4,7,14-18H2,1-3H3,(H2,25,27,28);1H. The number of anilines is 1. The number of nitrogens with one attached hydrogen (secondary N) is 3. The zero-order chi connectivity index (χ0) is 21.9. The number of hydrogen-bond acceptors (Lipinski definition) is 4. The highest BCUT2D eigenvalue weighted by Gasteiger charge is 2.06. The highest BCUT2D eigenvalue weighted by molar-refractivity contribution is 14.0. The largest absolute Gasteiger partial charge is 0.383 e. The second-order valence-electron chi connectivity index (χ2n) is 7.39. The zero-order valence-electron chi connectivity index (χ0n) is 19.2. The quantitative estimate of drug-likeness (QED) is 0.145. The summed E-state index contributed by atoms with van der Waals surface area (Å²) in [6.45, 7) is 8.89. The van der Waals surface area contributed by atoms with Gasteiger partial charge in [-0.05, 0) is 50.1 Å². The molecule has 0 aliphatic rings. The Morgan fingerprint density at radius 1 is 1.06 bits per heavy atom. The molecule has 0 radical (unpaired) electrons. The molecule has 0 spiro atoms. The fourth-order valence-corrected chi connectivity index (χ4v) is 3.46. The van der Waals surface area contributed by atoms with Gasteiger partial charge in [-0.3, -0.25) is 0 Å². The number of aromatic nitrogens is 2. The lowest BCUT2D eigenvalue weighted by Gasteiger charge is -2.12. The molecule has 8 heteroatoms. The highest BCUT2D eigenvalue weighted by Crippen LogP contribution is 2.15. The van der Waals surface area contributed by atoms with Gasteiger partial charge < -0.3 is 25.3 Å². The van der Waals surface area contributed by atoms with Crippen LogP contribution in [0.15, 0.2) is 53.5 Å². The summed E-state index contributed by atoms with van der Waals surface area (Å²) in [6, 6.07) is 16.7. The van der Waals surface area contributed by atoms with E-state index in [1.807, 2.05) is 6.07 Å². The van der Waals surface area contributed by atoms with Crippen LogP contribution in [0.3, 0.4) is 0 Å². The number of para-hydroxylation sites is 2. The number of nitrogens with zero attached hydrogens (tertiary/aromatic N) is 3. The van der Waals surface area contributed by atoms with E-state index in [2.05, 4.69) is 81.8 Å². The molecule has 0 saturated heterocycles. The number of imidazole rings is 1. The normalized spacial score (nSPS) is 11.3. The van der Waals surface area contributed by atoms with Gasteiger partial charge in [0.05, 0.1) is 24.2 Å². The van der Waals surface area contributed by atoms with Crippen LogP contribution in [0.1, 0.15) is 24.7 Å². The summed E-state index contributed by atoms with van der Waals surface area (Å²) in [7, 11) is 1.71. The molecular weight excluding hydrogens is 515 g/mol. The van der Waals surface area contributed by atoms with E-state index in [4.69, 9.17) is 9.73 Å². The Labute approximate surface area is 208 Å². The molecule has 0 aliphatic heterocycles.